The molecular formula is C16H17N3O5. The van der Waals surface area contributed by atoms with Gasteiger partial charge in [-0.15, -0.1) is 0 Å². The molecule has 0 bridgehead atoms. The molecule has 0 amide bonds. The van der Waals surface area contributed by atoms with Gasteiger partial charge >= 0.3 is 11.9 Å². The molecule has 0 spiro atoms. The van der Waals surface area contributed by atoms with Gasteiger partial charge in [0.05, 0.1) is 24.6 Å². The van der Waals surface area contributed by atoms with Crippen LogP contribution in [-0.4, -0.2) is 45.9 Å². The summed E-state index contributed by atoms with van der Waals surface area (Å²) in [6, 6.07) is 0. The molecule has 126 valence electrons. The van der Waals surface area contributed by atoms with E-state index in [4.69, 9.17) is 9.47 Å². The Bertz CT molecular complexity index is 783. The molecular weight excluding hydrogens is 314 g/mol. The molecule has 0 fully saturated rings. The Morgan fingerprint density at radius 2 is 1.88 bits per heavy atom. The number of ketones is 1. The first-order chi connectivity index (χ1) is 11.4. The van der Waals surface area contributed by atoms with E-state index >= 15 is 0 Å². The van der Waals surface area contributed by atoms with Crippen LogP contribution >= 0.6 is 0 Å². The molecule has 0 aliphatic heterocycles. The third-order valence-electron chi connectivity index (χ3n) is 3.50. The Kier molecular flexibility index (Phi) is 5.08. The Morgan fingerprint density at radius 1 is 1.17 bits per heavy atom. The number of rotatable bonds is 5. The van der Waals surface area contributed by atoms with Crippen molar-refractivity contribution in [1.29, 1.82) is 0 Å². The highest BCUT2D eigenvalue weighted by Gasteiger charge is 2.27. The van der Waals surface area contributed by atoms with Crippen molar-refractivity contribution in [3.8, 4) is 0 Å². The van der Waals surface area contributed by atoms with E-state index in [0.29, 0.717) is 16.8 Å². The van der Waals surface area contributed by atoms with Gasteiger partial charge in [0.2, 0.25) is 5.78 Å². The normalized spacial score (nSPS) is 11.7. The smallest absolute Gasteiger partial charge is 0.359 e. The molecule has 0 aliphatic rings. The van der Waals surface area contributed by atoms with E-state index in [1.54, 1.807) is 13.8 Å². The minimum Gasteiger partial charge on any atom is -0.465 e. The summed E-state index contributed by atoms with van der Waals surface area (Å²) in [4.78, 5) is 46.7. The summed E-state index contributed by atoms with van der Waals surface area (Å²) in [6.07, 6.45) is 2.97. The number of ether oxygens (including phenoxy) is 2. The summed E-state index contributed by atoms with van der Waals surface area (Å²) in [5, 5.41) is 0. The van der Waals surface area contributed by atoms with Crippen LogP contribution in [0.3, 0.4) is 0 Å². The zero-order valence-electron chi connectivity index (χ0n) is 13.7. The van der Waals surface area contributed by atoms with E-state index in [9.17, 15) is 14.4 Å². The number of nitrogens with zero attached hydrogens (tertiary/aromatic N) is 2. The molecule has 1 unspecified atom stereocenters. The number of methoxy groups -OCH3 is 1. The van der Waals surface area contributed by atoms with Crippen molar-refractivity contribution in [2.24, 2.45) is 0 Å². The number of aromatic amines is 1. The van der Waals surface area contributed by atoms with Crippen LogP contribution in [0.4, 0.5) is 0 Å². The summed E-state index contributed by atoms with van der Waals surface area (Å²) < 4.78 is 9.82. The average Bonchev–Trinajstić information content (AvgIpc) is 2.88. The fourth-order valence-corrected chi connectivity index (χ4v) is 2.29. The predicted octanol–water partition coefficient (Wildman–Crippen LogP) is 1.64. The lowest BCUT2D eigenvalue weighted by Crippen LogP contribution is -2.25. The number of hydrogen-bond donors (Lipinski definition) is 1. The van der Waals surface area contributed by atoms with Crippen molar-refractivity contribution in [3.05, 3.63) is 46.8 Å². The van der Waals surface area contributed by atoms with Gasteiger partial charge < -0.3 is 14.5 Å². The molecule has 0 aromatic carbocycles. The number of H-pyrrole nitrogens is 1. The SMILES string of the molecule is COC(=O)c1c(C)[nH]c(C(=O)C(C)OC(=O)c2cnccn2)c1C. The molecule has 0 aliphatic carbocycles. The van der Waals surface area contributed by atoms with Crippen LogP contribution in [-0.2, 0) is 9.47 Å². The zero-order valence-corrected chi connectivity index (χ0v) is 13.7. The second-order valence-corrected chi connectivity index (χ2v) is 5.12. The first kappa shape index (κ1) is 17.3. The third kappa shape index (κ3) is 3.32. The molecule has 1 atom stereocenters. The molecule has 24 heavy (non-hydrogen) atoms. The standard InChI is InChI=1S/C16H17N3O5/c1-8-12(16(22)23-4)9(2)19-13(8)14(20)10(3)24-15(21)11-7-17-5-6-18-11/h5-7,10,19H,1-4H3. The van der Waals surface area contributed by atoms with Crippen molar-refractivity contribution >= 4 is 17.7 Å². The molecule has 0 saturated carbocycles. The number of aromatic nitrogens is 3. The van der Waals surface area contributed by atoms with Gasteiger partial charge in [0.25, 0.3) is 0 Å². The first-order valence-corrected chi connectivity index (χ1v) is 7.15. The van der Waals surface area contributed by atoms with E-state index in [0.717, 1.165) is 0 Å². The molecule has 2 heterocycles. The van der Waals surface area contributed by atoms with E-state index < -0.39 is 23.8 Å². The van der Waals surface area contributed by atoms with Gasteiger partial charge in [-0.1, -0.05) is 0 Å². The minimum absolute atomic E-state index is 0.00629. The van der Waals surface area contributed by atoms with Gasteiger partial charge in [0, 0.05) is 18.1 Å². The van der Waals surface area contributed by atoms with E-state index in [2.05, 4.69) is 15.0 Å². The molecule has 2 aromatic heterocycles. The fourth-order valence-electron chi connectivity index (χ4n) is 2.29. The molecule has 8 nitrogen and oxygen atoms in total. The largest absolute Gasteiger partial charge is 0.465 e. The van der Waals surface area contributed by atoms with E-state index in [-0.39, 0.29) is 11.4 Å². The lowest BCUT2D eigenvalue weighted by atomic mass is 10.1. The van der Waals surface area contributed by atoms with Crippen LogP contribution in [0.5, 0.6) is 0 Å². The molecule has 8 heteroatoms. The van der Waals surface area contributed by atoms with Gasteiger partial charge in [-0.3, -0.25) is 9.78 Å². The Morgan fingerprint density at radius 3 is 2.46 bits per heavy atom. The Hall–Kier alpha value is -3.03. The second-order valence-electron chi connectivity index (χ2n) is 5.12. The minimum atomic E-state index is -1.05. The van der Waals surface area contributed by atoms with Crippen LogP contribution in [0.15, 0.2) is 18.6 Å². The summed E-state index contributed by atoms with van der Waals surface area (Å²) in [7, 11) is 1.26. The van der Waals surface area contributed by atoms with Gasteiger partial charge in [-0.25, -0.2) is 14.6 Å². The fraction of sp³-hybridized carbons (Fsp3) is 0.312. The number of aryl methyl sites for hydroxylation is 1. The van der Waals surface area contributed by atoms with Gasteiger partial charge in [0.1, 0.15) is 0 Å². The van der Waals surface area contributed by atoms with Gasteiger partial charge in [0.15, 0.2) is 11.8 Å². The topological polar surface area (TPSA) is 111 Å². The van der Waals surface area contributed by atoms with Gasteiger partial charge in [-0.2, -0.15) is 0 Å². The van der Waals surface area contributed by atoms with E-state index in [1.807, 2.05) is 0 Å². The zero-order chi connectivity index (χ0) is 17.9. The number of Topliss-reactive ketones (excluding diaryl/α,β-unsaturated/α-hetero) is 1. The number of esters is 2. The predicted molar refractivity (Wildman–Crippen MR) is 82.8 cm³/mol. The second kappa shape index (κ2) is 7.03. The average molecular weight is 331 g/mol. The summed E-state index contributed by atoms with van der Waals surface area (Å²) in [6.45, 7) is 4.73. The number of hydrogen-bond acceptors (Lipinski definition) is 7. The maximum absolute atomic E-state index is 12.5. The molecule has 1 N–H and O–H groups in total. The Balaban J connectivity index is 2.20. The number of carbonyl (C=O) groups excluding carboxylic acids is 3. The van der Waals surface area contributed by atoms with Crippen molar-refractivity contribution in [3.63, 3.8) is 0 Å². The van der Waals surface area contributed by atoms with Crippen molar-refractivity contribution in [2.45, 2.75) is 26.9 Å². The Labute approximate surface area is 138 Å². The molecule has 0 radical (unpaired) electrons. The van der Waals surface area contributed by atoms with Crippen LogP contribution in [0, 0.1) is 13.8 Å². The van der Waals surface area contributed by atoms with E-state index in [1.165, 1.54) is 32.6 Å². The van der Waals surface area contributed by atoms with Crippen molar-refractivity contribution in [2.75, 3.05) is 7.11 Å². The lowest BCUT2D eigenvalue weighted by molar-refractivity contribution is 0.0310. The molecule has 2 aromatic rings. The van der Waals surface area contributed by atoms with Crippen LogP contribution in [0.2, 0.25) is 0 Å². The van der Waals surface area contributed by atoms with Crippen LogP contribution in [0.25, 0.3) is 0 Å². The highest BCUT2D eigenvalue weighted by Crippen LogP contribution is 2.21. The highest BCUT2D eigenvalue weighted by molar-refractivity contribution is 6.04. The number of nitrogens with one attached hydrogen (secondary N) is 1. The summed E-state index contributed by atoms with van der Waals surface area (Å²) in [5.74, 6) is -1.74. The van der Waals surface area contributed by atoms with Crippen molar-refractivity contribution < 1.29 is 23.9 Å². The van der Waals surface area contributed by atoms with Gasteiger partial charge in [-0.05, 0) is 26.3 Å². The summed E-state index contributed by atoms with van der Waals surface area (Å²) >= 11 is 0. The maximum Gasteiger partial charge on any atom is 0.359 e. The lowest BCUT2D eigenvalue weighted by Gasteiger charge is -2.11. The summed E-state index contributed by atoms with van der Waals surface area (Å²) in [5.41, 5.74) is 1.47. The monoisotopic (exact) mass is 331 g/mol. The molecule has 2 rings (SSSR count). The maximum atomic E-state index is 12.5. The third-order valence-corrected chi connectivity index (χ3v) is 3.50. The van der Waals surface area contributed by atoms with Crippen LogP contribution in [0.1, 0.15) is 49.5 Å². The van der Waals surface area contributed by atoms with Crippen molar-refractivity contribution in [1.82, 2.24) is 15.0 Å². The first-order valence-electron chi connectivity index (χ1n) is 7.15. The van der Waals surface area contributed by atoms with Crippen LogP contribution < -0.4 is 0 Å². The number of carbonyl (C=O) groups is 3. The quantitative estimate of drug-likeness (QED) is 0.654. The highest BCUT2D eigenvalue weighted by atomic mass is 16.5. The molecule has 0 saturated heterocycles.